The summed E-state index contributed by atoms with van der Waals surface area (Å²) in [4.78, 5) is 21.1. The number of nitrogens with zero attached hydrogens (tertiary/aromatic N) is 2. The molecule has 1 amide bonds. The SMILES string of the molecule is CC(C)=NC(C)(C)C[C@]1(C(=O)NCc2cc(F)cc(C(F)(F)F)c2)CC[C@@H](N2CCC(c3ccc(F)cc3)CC2)C1. The number of carbonyl (C=O) groups excluding carboxylic acids is 1. The number of likely N-dealkylation sites (tertiary alicyclic amines) is 1. The van der Waals surface area contributed by atoms with Crippen LogP contribution >= 0.6 is 0 Å². The molecule has 4 nitrogen and oxygen atoms in total. The van der Waals surface area contributed by atoms with Gasteiger partial charge in [-0.3, -0.25) is 9.79 Å². The number of amides is 1. The van der Waals surface area contributed by atoms with E-state index in [-0.39, 0.29) is 29.9 Å². The van der Waals surface area contributed by atoms with Crippen LogP contribution in [0.15, 0.2) is 47.5 Å². The molecule has 1 N–H and O–H groups in total. The van der Waals surface area contributed by atoms with Gasteiger partial charge in [0.2, 0.25) is 5.91 Å². The molecule has 1 aliphatic heterocycles. The Balaban J connectivity index is 1.48. The van der Waals surface area contributed by atoms with Crippen LogP contribution in [0, 0.1) is 17.0 Å². The Bertz CT molecular complexity index is 1240. The van der Waals surface area contributed by atoms with E-state index in [1.54, 1.807) is 0 Å². The van der Waals surface area contributed by atoms with Gasteiger partial charge < -0.3 is 10.2 Å². The molecule has 1 saturated carbocycles. The number of halogens is 5. The van der Waals surface area contributed by atoms with Crippen molar-refractivity contribution in [1.29, 1.82) is 0 Å². The molecule has 0 radical (unpaired) electrons. The molecule has 1 saturated heterocycles. The third-order valence-electron chi connectivity index (χ3n) is 8.49. The first-order valence-corrected chi connectivity index (χ1v) is 14.3. The summed E-state index contributed by atoms with van der Waals surface area (Å²) >= 11 is 0. The van der Waals surface area contributed by atoms with Crippen LogP contribution in [-0.4, -0.2) is 41.2 Å². The topological polar surface area (TPSA) is 44.7 Å². The third-order valence-corrected chi connectivity index (χ3v) is 8.49. The van der Waals surface area contributed by atoms with Crippen molar-refractivity contribution in [3.8, 4) is 0 Å². The highest BCUT2D eigenvalue weighted by atomic mass is 19.4. The molecule has 2 fully saturated rings. The van der Waals surface area contributed by atoms with Gasteiger partial charge in [-0.25, -0.2) is 8.78 Å². The Morgan fingerprint density at radius 2 is 1.66 bits per heavy atom. The maximum atomic E-state index is 14.0. The zero-order valence-corrected chi connectivity index (χ0v) is 24.3. The maximum absolute atomic E-state index is 14.0. The van der Waals surface area contributed by atoms with Crippen molar-refractivity contribution < 1.29 is 26.7 Å². The van der Waals surface area contributed by atoms with E-state index >= 15 is 0 Å². The van der Waals surface area contributed by atoms with Crippen LogP contribution in [0.1, 0.15) is 88.8 Å². The van der Waals surface area contributed by atoms with Gasteiger partial charge in [0.1, 0.15) is 11.6 Å². The molecule has 0 unspecified atom stereocenters. The second kappa shape index (κ2) is 12.2. The van der Waals surface area contributed by atoms with Crippen LogP contribution < -0.4 is 5.32 Å². The predicted octanol–water partition coefficient (Wildman–Crippen LogP) is 7.67. The number of rotatable bonds is 8. The molecule has 0 bridgehead atoms. The van der Waals surface area contributed by atoms with E-state index in [2.05, 4.69) is 10.2 Å². The zero-order chi connectivity index (χ0) is 30.0. The molecule has 0 spiro atoms. The van der Waals surface area contributed by atoms with E-state index in [1.807, 2.05) is 39.8 Å². The molecule has 9 heteroatoms. The second-order valence-electron chi connectivity index (χ2n) is 12.6. The van der Waals surface area contributed by atoms with E-state index in [0.29, 0.717) is 31.2 Å². The molecule has 2 aliphatic rings. The second-order valence-corrected chi connectivity index (χ2v) is 12.6. The molecule has 2 aromatic rings. The molecule has 1 heterocycles. The monoisotopic (exact) mass is 577 g/mol. The van der Waals surface area contributed by atoms with Crippen molar-refractivity contribution in [2.24, 2.45) is 10.4 Å². The molecule has 4 rings (SSSR count). The normalized spacial score (nSPS) is 22.5. The number of nitrogens with one attached hydrogen (secondary N) is 1. The number of alkyl halides is 3. The summed E-state index contributed by atoms with van der Waals surface area (Å²) in [6.07, 6.45) is -0.182. The summed E-state index contributed by atoms with van der Waals surface area (Å²) in [7, 11) is 0. The number of carbonyl (C=O) groups is 1. The largest absolute Gasteiger partial charge is 0.416 e. The standard InChI is InChI=1S/C32H40F5N3O/c1-21(2)39-30(3,4)20-31(29(41)38-19-22-15-25(32(35,36)37)17-27(34)16-22)12-9-28(18-31)40-13-10-24(11-14-40)23-5-7-26(33)8-6-23/h5-8,15-17,24,28H,9-14,18-20H2,1-4H3,(H,38,41)/t28-,31+/m1/s1. The van der Waals surface area contributed by atoms with Crippen molar-refractivity contribution in [1.82, 2.24) is 10.2 Å². The summed E-state index contributed by atoms with van der Waals surface area (Å²) in [6.45, 7) is 9.40. The van der Waals surface area contributed by atoms with Crippen molar-refractivity contribution in [3.63, 3.8) is 0 Å². The smallest absolute Gasteiger partial charge is 0.352 e. The highest BCUT2D eigenvalue weighted by molar-refractivity contribution is 5.83. The molecule has 224 valence electrons. The molecule has 41 heavy (non-hydrogen) atoms. The lowest BCUT2D eigenvalue weighted by atomic mass is 9.74. The van der Waals surface area contributed by atoms with Gasteiger partial charge in [0, 0.05) is 18.3 Å². The van der Waals surface area contributed by atoms with Crippen LogP contribution in [-0.2, 0) is 17.5 Å². The summed E-state index contributed by atoms with van der Waals surface area (Å²) in [5.41, 5.74) is -0.214. The van der Waals surface area contributed by atoms with E-state index < -0.39 is 28.5 Å². The Hall–Kier alpha value is -2.81. The molecule has 1 aliphatic carbocycles. The first kappa shape index (κ1) is 31.1. The van der Waals surface area contributed by atoms with Crippen molar-refractivity contribution in [2.75, 3.05) is 13.1 Å². The van der Waals surface area contributed by atoms with Crippen LogP contribution in [0.2, 0.25) is 0 Å². The van der Waals surface area contributed by atoms with Crippen LogP contribution in [0.25, 0.3) is 0 Å². The van der Waals surface area contributed by atoms with Gasteiger partial charge in [0.15, 0.2) is 0 Å². The number of benzene rings is 2. The average Bonchev–Trinajstić information content (AvgIpc) is 3.30. The van der Waals surface area contributed by atoms with E-state index in [1.165, 1.54) is 12.1 Å². The highest BCUT2D eigenvalue weighted by Gasteiger charge is 2.49. The molecule has 0 aromatic heterocycles. The molecule has 2 atom stereocenters. The minimum Gasteiger partial charge on any atom is -0.352 e. The van der Waals surface area contributed by atoms with Crippen LogP contribution in [0.3, 0.4) is 0 Å². The molecule has 2 aromatic carbocycles. The minimum absolute atomic E-state index is 0.0694. The van der Waals surface area contributed by atoms with Gasteiger partial charge in [-0.15, -0.1) is 0 Å². The zero-order valence-electron chi connectivity index (χ0n) is 24.3. The molecular formula is C32H40F5N3O. The Kier molecular flexibility index (Phi) is 9.26. The molecular weight excluding hydrogens is 537 g/mol. The third kappa shape index (κ3) is 7.93. The summed E-state index contributed by atoms with van der Waals surface area (Å²) in [5.74, 6) is -1.08. The van der Waals surface area contributed by atoms with Gasteiger partial charge in [-0.2, -0.15) is 13.2 Å². The maximum Gasteiger partial charge on any atom is 0.416 e. The van der Waals surface area contributed by atoms with Crippen molar-refractivity contribution in [2.45, 2.75) is 96.4 Å². The number of hydrogen-bond acceptors (Lipinski definition) is 3. The number of aliphatic imine (C=N–C) groups is 1. The summed E-state index contributed by atoms with van der Waals surface area (Å²) < 4.78 is 67.0. The van der Waals surface area contributed by atoms with Crippen LogP contribution in [0.4, 0.5) is 22.0 Å². The van der Waals surface area contributed by atoms with E-state index in [9.17, 15) is 26.7 Å². The van der Waals surface area contributed by atoms with Crippen molar-refractivity contribution in [3.05, 3.63) is 70.8 Å². The highest BCUT2D eigenvalue weighted by Crippen LogP contribution is 2.48. The van der Waals surface area contributed by atoms with Crippen LogP contribution in [0.5, 0.6) is 0 Å². The fraction of sp³-hybridized carbons (Fsp3) is 0.562. The fourth-order valence-electron chi connectivity index (χ4n) is 6.95. The minimum atomic E-state index is -4.68. The number of hydrogen-bond donors (Lipinski definition) is 1. The fourth-order valence-corrected chi connectivity index (χ4v) is 6.95. The predicted molar refractivity (Wildman–Crippen MR) is 151 cm³/mol. The van der Waals surface area contributed by atoms with Gasteiger partial charge in [-0.05, 0) is 127 Å². The summed E-state index contributed by atoms with van der Waals surface area (Å²) in [5, 5.41) is 2.85. The Labute approximate surface area is 239 Å². The lowest BCUT2D eigenvalue weighted by Gasteiger charge is -2.38. The Morgan fingerprint density at radius 3 is 2.27 bits per heavy atom. The lowest BCUT2D eigenvalue weighted by Crippen LogP contribution is -2.45. The number of piperidine rings is 1. The van der Waals surface area contributed by atoms with Gasteiger partial charge in [0.05, 0.1) is 16.5 Å². The first-order chi connectivity index (χ1) is 19.2. The Morgan fingerprint density at radius 1 is 1.00 bits per heavy atom. The quantitative estimate of drug-likeness (QED) is 0.259. The first-order valence-electron chi connectivity index (χ1n) is 14.3. The van der Waals surface area contributed by atoms with E-state index in [0.717, 1.165) is 55.8 Å². The summed E-state index contributed by atoms with van der Waals surface area (Å²) in [6, 6.07) is 9.28. The van der Waals surface area contributed by atoms with Gasteiger partial charge >= 0.3 is 6.18 Å². The lowest BCUT2D eigenvalue weighted by molar-refractivity contribution is -0.137. The van der Waals surface area contributed by atoms with Gasteiger partial charge in [0.25, 0.3) is 0 Å². The average molecular weight is 578 g/mol. The van der Waals surface area contributed by atoms with E-state index in [4.69, 9.17) is 4.99 Å². The van der Waals surface area contributed by atoms with Crippen molar-refractivity contribution >= 4 is 11.6 Å². The van der Waals surface area contributed by atoms with Gasteiger partial charge in [-0.1, -0.05) is 12.1 Å².